The quantitative estimate of drug-likeness (QED) is 0.772. The molecule has 4 rings (SSSR count). The van der Waals surface area contributed by atoms with Crippen molar-refractivity contribution in [2.75, 3.05) is 32.8 Å². The molecule has 0 atom stereocenters. The fourth-order valence-electron chi connectivity index (χ4n) is 3.18. The Labute approximate surface area is 165 Å². The molecule has 2 aromatic rings. The van der Waals surface area contributed by atoms with E-state index in [0.29, 0.717) is 44.5 Å². The average molecular weight is 411 g/mol. The number of ether oxygens (including phenoxy) is 1. The smallest absolute Gasteiger partial charge is 0.379 e. The largest absolute Gasteiger partial charge is 0.416 e. The Hall–Kier alpha value is -2.52. The number of carbonyl (C=O) groups is 1. The first-order valence-electron chi connectivity index (χ1n) is 9.21. The lowest BCUT2D eigenvalue weighted by Crippen LogP contribution is -2.35. The summed E-state index contributed by atoms with van der Waals surface area (Å²) in [7, 11) is 0. The first-order valence-corrected chi connectivity index (χ1v) is 9.21. The zero-order valence-corrected chi connectivity index (χ0v) is 15.6. The molecule has 1 amide bonds. The number of morpholine rings is 1. The zero-order chi connectivity index (χ0) is 20.9. The minimum atomic E-state index is -4.51. The number of pyridine rings is 1. The van der Waals surface area contributed by atoms with E-state index in [-0.39, 0.29) is 5.91 Å². The van der Waals surface area contributed by atoms with Gasteiger partial charge in [-0.1, -0.05) is 0 Å². The molecule has 156 valence electrons. The SMILES string of the molecule is Fc1cc(CN2CCOCC2)cc(C(F)(F)F)c1.O=C1NCCc2cnccc21. The van der Waals surface area contributed by atoms with E-state index in [9.17, 15) is 22.4 Å². The van der Waals surface area contributed by atoms with Crippen molar-refractivity contribution in [1.82, 2.24) is 15.2 Å². The van der Waals surface area contributed by atoms with Gasteiger partial charge in [-0.15, -0.1) is 0 Å². The third-order valence-electron chi connectivity index (χ3n) is 4.62. The number of hydrogen-bond donors (Lipinski definition) is 1. The number of fused-ring (bicyclic) bond motifs is 1. The van der Waals surface area contributed by atoms with E-state index in [1.54, 1.807) is 18.5 Å². The number of aromatic nitrogens is 1. The molecule has 2 aliphatic heterocycles. The molecule has 9 heteroatoms. The van der Waals surface area contributed by atoms with E-state index in [2.05, 4.69) is 10.3 Å². The highest BCUT2D eigenvalue weighted by molar-refractivity contribution is 5.96. The minimum absolute atomic E-state index is 0.0219. The van der Waals surface area contributed by atoms with Crippen LogP contribution in [0, 0.1) is 5.82 Å². The number of amides is 1. The van der Waals surface area contributed by atoms with Gasteiger partial charge in [-0.25, -0.2) is 4.39 Å². The Morgan fingerprint density at radius 2 is 1.93 bits per heavy atom. The average Bonchev–Trinajstić information content (AvgIpc) is 2.69. The maximum Gasteiger partial charge on any atom is 0.416 e. The number of hydrogen-bond acceptors (Lipinski definition) is 4. The Morgan fingerprint density at radius 1 is 1.17 bits per heavy atom. The molecule has 0 bridgehead atoms. The molecule has 0 spiro atoms. The minimum Gasteiger partial charge on any atom is -0.379 e. The molecular formula is C20H21F4N3O2. The number of nitrogens with one attached hydrogen (secondary N) is 1. The van der Waals surface area contributed by atoms with Gasteiger partial charge in [-0.3, -0.25) is 14.7 Å². The third-order valence-corrected chi connectivity index (χ3v) is 4.62. The van der Waals surface area contributed by atoms with Crippen LogP contribution in [-0.2, 0) is 23.9 Å². The number of halogens is 4. The third kappa shape index (κ3) is 5.98. The maximum atomic E-state index is 13.2. The van der Waals surface area contributed by atoms with Crippen molar-refractivity contribution in [3.63, 3.8) is 0 Å². The van der Waals surface area contributed by atoms with Crippen molar-refractivity contribution < 1.29 is 27.1 Å². The van der Waals surface area contributed by atoms with E-state index in [4.69, 9.17) is 4.74 Å². The lowest BCUT2D eigenvalue weighted by Gasteiger charge is -2.26. The summed E-state index contributed by atoms with van der Waals surface area (Å²) in [6, 6.07) is 4.41. The van der Waals surface area contributed by atoms with Gasteiger partial charge in [-0.05, 0) is 41.8 Å². The Morgan fingerprint density at radius 3 is 2.62 bits per heavy atom. The summed E-state index contributed by atoms with van der Waals surface area (Å²) in [5.41, 5.74) is 1.22. The number of benzene rings is 1. The summed E-state index contributed by atoms with van der Waals surface area (Å²) < 4.78 is 55.9. The molecule has 0 aliphatic carbocycles. The van der Waals surface area contributed by atoms with Gasteiger partial charge in [0.25, 0.3) is 5.91 Å². The van der Waals surface area contributed by atoms with Crippen LogP contribution in [0.15, 0.2) is 36.7 Å². The number of rotatable bonds is 2. The van der Waals surface area contributed by atoms with Crippen molar-refractivity contribution in [3.8, 4) is 0 Å². The Balaban J connectivity index is 0.000000186. The number of alkyl halides is 3. The van der Waals surface area contributed by atoms with Gasteiger partial charge in [0.2, 0.25) is 0 Å². The van der Waals surface area contributed by atoms with Crippen LogP contribution in [-0.4, -0.2) is 48.6 Å². The Kier molecular flexibility index (Phi) is 6.81. The summed E-state index contributed by atoms with van der Waals surface area (Å²) in [6.07, 6.45) is -0.214. The molecule has 1 N–H and O–H groups in total. The van der Waals surface area contributed by atoms with Crippen molar-refractivity contribution in [2.24, 2.45) is 0 Å². The van der Waals surface area contributed by atoms with E-state index >= 15 is 0 Å². The number of nitrogens with zero attached hydrogens (tertiary/aromatic N) is 2. The summed E-state index contributed by atoms with van der Waals surface area (Å²) in [5.74, 6) is -0.832. The molecule has 1 aromatic carbocycles. The van der Waals surface area contributed by atoms with E-state index in [1.807, 2.05) is 4.90 Å². The first kappa shape index (κ1) is 21.2. The lowest BCUT2D eigenvalue weighted by atomic mass is 10.0. The standard InChI is InChI=1S/C12H13F4NO.C8H8N2O/c13-11-6-9(5-10(7-11)12(14,15)16)8-17-1-3-18-4-2-17;11-8-7-2-3-9-5-6(7)1-4-10-8/h5-7H,1-4,8H2;2-3,5H,1,4H2,(H,10,11). The second kappa shape index (κ2) is 9.32. The molecule has 0 saturated carbocycles. The van der Waals surface area contributed by atoms with Crippen molar-refractivity contribution in [1.29, 1.82) is 0 Å². The van der Waals surface area contributed by atoms with Crippen LogP contribution in [0.1, 0.15) is 27.0 Å². The summed E-state index contributed by atoms with van der Waals surface area (Å²) in [4.78, 5) is 17.0. The predicted molar refractivity (Wildman–Crippen MR) is 97.8 cm³/mol. The van der Waals surface area contributed by atoms with Gasteiger partial charge in [-0.2, -0.15) is 13.2 Å². The van der Waals surface area contributed by atoms with E-state index in [1.165, 1.54) is 0 Å². The molecular weight excluding hydrogens is 390 g/mol. The van der Waals surface area contributed by atoms with Crippen LogP contribution >= 0.6 is 0 Å². The van der Waals surface area contributed by atoms with Crippen LogP contribution in [0.2, 0.25) is 0 Å². The van der Waals surface area contributed by atoms with Crippen LogP contribution in [0.3, 0.4) is 0 Å². The van der Waals surface area contributed by atoms with Crippen LogP contribution in [0.25, 0.3) is 0 Å². The first-order chi connectivity index (χ1) is 13.8. The normalized spacial score (nSPS) is 17.0. The second-order valence-corrected chi connectivity index (χ2v) is 6.77. The molecule has 1 aromatic heterocycles. The predicted octanol–water partition coefficient (Wildman–Crippen LogP) is 3.04. The van der Waals surface area contributed by atoms with Gasteiger partial charge in [0.15, 0.2) is 0 Å². The van der Waals surface area contributed by atoms with Crippen LogP contribution < -0.4 is 5.32 Å². The monoisotopic (exact) mass is 411 g/mol. The van der Waals surface area contributed by atoms with Gasteiger partial charge in [0.05, 0.1) is 18.8 Å². The molecule has 2 aliphatic rings. The molecule has 0 unspecified atom stereocenters. The topological polar surface area (TPSA) is 54.5 Å². The zero-order valence-electron chi connectivity index (χ0n) is 15.6. The van der Waals surface area contributed by atoms with Gasteiger partial charge >= 0.3 is 6.18 Å². The summed E-state index contributed by atoms with van der Waals surface area (Å²) in [5, 5.41) is 2.77. The van der Waals surface area contributed by atoms with Crippen molar-refractivity contribution in [2.45, 2.75) is 19.1 Å². The van der Waals surface area contributed by atoms with E-state index < -0.39 is 17.6 Å². The fraction of sp³-hybridized carbons (Fsp3) is 0.400. The fourth-order valence-corrected chi connectivity index (χ4v) is 3.18. The summed E-state index contributed by atoms with van der Waals surface area (Å²) in [6.45, 7) is 3.46. The lowest BCUT2D eigenvalue weighted by molar-refractivity contribution is -0.137. The molecule has 3 heterocycles. The highest BCUT2D eigenvalue weighted by Gasteiger charge is 2.31. The van der Waals surface area contributed by atoms with Crippen molar-refractivity contribution >= 4 is 5.91 Å². The van der Waals surface area contributed by atoms with E-state index in [0.717, 1.165) is 36.2 Å². The highest BCUT2D eigenvalue weighted by Crippen LogP contribution is 2.30. The molecule has 1 fully saturated rings. The van der Waals surface area contributed by atoms with Gasteiger partial charge in [0, 0.05) is 44.1 Å². The van der Waals surface area contributed by atoms with Gasteiger partial charge in [0.1, 0.15) is 5.82 Å². The van der Waals surface area contributed by atoms with Crippen LogP contribution in [0.4, 0.5) is 17.6 Å². The molecule has 1 saturated heterocycles. The van der Waals surface area contributed by atoms with Gasteiger partial charge < -0.3 is 10.1 Å². The Bertz CT molecular complexity index is 852. The molecule has 0 radical (unpaired) electrons. The summed E-state index contributed by atoms with van der Waals surface area (Å²) >= 11 is 0. The van der Waals surface area contributed by atoms with Crippen LogP contribution in [0.5, 0.6) is 0 Å². The molecule has 5 nitrogen and oxygen atoms in total. The second-order valence-electron chi connectivity index (χ2n) is 6.77. The number of carbonyl (C=O) groups excluding carboxylic acids is 1. The highest BCUT2D eigenvalue weighted by atomic mass is 19.4. The molecule has 29 heavy (non-hydrogen) atoms. The maximum absolute atomic E-state index is 13.2. The van der Waals surface area contributed by atoms with Crippen molar-refractivity contribution in [3.05, 3.63) is 64.7 Å².